The zero-order chi connectivity index (χ0) is 17.1. The number of amides is 1. The molecule has 0 fully saturated rings. The van der Waals surface area contributed by atoms with E-state index in [0.29, 0.717) is 12.1 Å². The van der Waals surface area contributed by atoms with Crippen molar-refractivity contribution >= 4 is 11.8 Å². The predicted molar refractivity (Wildman–Crippen MR) is 76.0 cm³/mol. The summed E-state index contributed by atoms with van der Waals surface area (Å²) in [5.74, 6) is -1.87. The number of nitrogens with one attached hydrogen (secondary N) is 1. The summed E-state index contributed by atoms with van der Waals surface area (Å²) in [7, 11) is 0. The van der Waals surface area contributed by atoms with Gasteiger partial charge in [-0.1, -0.05) is 0 Å². The number of ether oxygens (including phenoxy) is 1. The van der Waals surface area contributed by atoms with E-state index < -0.39 is 53.3 Å². The number of hydrogen-bond donors (Lipinski definition) is 4. The molecule has 6 nitrogen and oxygen atoms in total. The standard InChI is InChI=1S/C14H20F2N2O4/c1-14(2,3)22-13(21)18-6-11(19)12(20)7-4-9(16)10(17)5-8(7)15/h4-5,11-12,19-20H,6,17H2,1-3H3,(H,18,21). The van der Waals surface area contributed by atoms with E-state index in [4.69, 9.17) is 10.5 Å². The predicted octanol–water partition coefficient (Wildman–Crippen LogP) is 1.47. The minimum Gasteiger partial charge on any atom is -0.444 e. The number of anilines is 1. The Bertz CT molecular complexity index is 546. The lowest BCUT2D eigenvalue weighted by Gasteiger charge is -2.22. The van der Waals surface area contributed by atoms with Crippen LogP contribution < -0.4 is 11.1 Å². The summed E-state index contributed by atoms with van der Waals surface area (Å²) in [5.41, 5.74) is 3.61. The first kappa shape index (κ1) is 18.1. The third kappa shape index (κ3) is 5.12. The van der Waals surface area contributed by atoms with E-state index in [-0.39, 0.29) is 0 Å². The third-order valence-electron chi connectivity index (χ3n) is 2.65. The lowest BCUT2D eigenvalue weighted by atomic mass is 10.0. The Morgan fingerprint density at radius 2 is 1.91 bits per heavy atom. The van der Waals surface area contributed by atoms with Crippen LogP contribution in [0.1, 0.15) is 32.4 Å². The van der Waals surface area contributed by atoms with Crippen LogP contribution >= 0.6 is 0 Å². The summed E-state index contributed by atoms with van der Waals surface area (Å²) < 4.78 is 31.9. The Balaban J connectivity index is 2.68. The quantitative estimate of drug-likeness (QED) is 0.629. The van der Waals surface area contributed by atoms with Crippen LogP contribution in [0.25, 0.3) is 0 Å². The van der Waals surface area contributed by atoms with Gasteiger partial charge in [-0.3, -0.25) is 0 Å². The minimum atomic E-state index is -1.73. The number of nitrogen functional groups attached to an aromatic ring is 1. The highest BCUT2D eigenvalue weighted by atomic mass is 19.1. The van der Waals surface area contributed by atoms with Gasteiger partial charge in [-0.2, -0.15) is 0 Å². The fourth-order valence-electron chi connectivity index (χ4n) is 1.63. The van der Waals surface area contributed by atoms with Gasteiger partial charge in [-0.25, -0.2) is 13.6 Å². The van der Waals surface area contributed by atoms with Crippen LogP contribution in [0.5, 0.6) is 0 Å². The summed E-state index contributed by atoms with van der Waals surface area (Å²) in [6.45, 7) is 4.57. The summed E-state index contributed by atoms with van der Waals surface area (Å²) in [6.07, 6.45) is -4.09. The Hall–Kier alpha value is -1.93. The second kappa shape index (κ2) is 6.89. The molecule has 0 aliphatic carbocycles. The lowest BCUT2D eigenvalue weighted by molar-refractivity contribution is 0.0112. The van der Waals surface area contributed by atoms with E-state index >= 15 is 0 Å². The van der Waals surface area contributed by atoms with Gasteiger partial charge in [0, 0.05) is 18.2 Å². The van der Waals surface area contributed by atoms with Crippen molar-refractivity contribution in [1.29, 1.82) is 0 Å². The SMILES string of the molecule is CC(C)(C)OC(=O)NCC(O)C(O)c1cc(F)c(N)cc1F. The van der Waals surface area contributed by atoms with Crippen LogP contribution in [0.15, 0.2) is 12.1 Å². The molecule has 124 valence electrons. The number of carbonyl (C=O) groups is 1. The molecule has 1 amide bonds. The maximum absolute atomic E-state index is 13.6. The van der Waals surface area contributed by atoms with Crippen molar-refractivity contribution in [1.82, 2.24) is 5.32 Å². The van der Waals surface area contributed by atoms with Crippen molar-refractivity contribution in [2.24, 2.45) is 0 Å². The maximum Gasteiger partial charge on any atom is 0.407 e. The summed E-state index contributed by atoms with van der Waals surface area (Å²) in [4.78, 5) is 11.4. The van der Waals surface area contributed by atoms with E-state index in [2.05, 4.69) is 5.32 Å². The molecule has 0 aliphatic rings. The molecule has 0 spiro atoms. The first-order chi connectivity index (χ1) is 10.0. The van der Waals surface area contributed by atoms with Crippen LogP contribution in [-0.2, 0) is 4.74 Å². The molecule has 8 heteroatoms. The highest BCUT2D eigenvalue weighted by Gasteiger charge is 2.24. The van der Waals surface area contributed by atoms with E-state index in [1.165, 1.54) is 0 Å². The Morgan fingerprint density at radius 1 is 1.32 bits per heavy atom. The van der Waals surface area contributed by atoms with Crippen molar-refractivity contribution in [2.45, 2.75) is 38.6 Å². The van der Waals surface area contributed by atoms with Crippen molar-refractivity contribution in [3.8, 4) is 0 Å². The lowest BCUT2D eigenvalue weighted by Crippen LogP contribution is -2.39. The van der Waals surface area contributed by atoms with Gasteiger partial charge in [-0.05, 0) is 26.8 Å². The number of nitrogens with two attached hydrogens (primary N) is 1. The molecular formula is C14H20F2N2O4. The summed E-state index contributed by atoms with van der Waals surface area (Å²) in [5, 5.41) is 21.8. The van der Waals surface area contributed by atoms with Crippen LogP contribution in [0, 0.1) is 11.6 Å². The summed E-state index contributed by atoms with van der Waals surface area (Å²) in [6, 6.07) is 1.41. The second-order valence-corrected chi connectivity index (χ2v) is 5.79. The number of rotatable bonds is 4. The first-order valence-corrected chi connectivity index (χ1v) is 6.58. The molecule has 0 radical (unpaired) electrons. The monoisotopic (exact) mass is 318 g/mol. The molecule has 0 bridgehead atoms. The zero-order valence-corrected chi connectivity index (χ0v) is 12.6. The van der Waals surface area contributed by atoms with Gasteiger partial charge in [0.2, 0.25) is 0 Å². The van der Waals surface area contributed by atoms with Gasteiger partial charge >= 0.3 is 6.09 Å². The molecule has 0 aliphatic heterocycles. The fraction of sp³-hybridized carbons (Fsp3) is 0.500. The highest BCUT2D eigenvalue weighted by molar-refractivity contribution is 5.67. The second-order valence-electron chi connectivity index (χ2n) is 5.79. The molecule has 1 rings (SSSR count). The number of carbonyl (C=O) groups excluding carboxylic acids is 1. The van der Waals surface area contributed by atoms with Crippen molar-refractivity contribution in [2.75, 3.05) is 12.3 Å². The van der Waals surface area contributed by atoms with E-state index in [1.54, 1.807) is 20.8 Å². The van der Waals surface area contributed by atoms with Crippen LogP contribution in [0.4, 0.5) is 19.3 Å². The molecule has 1 aromatic rings. The third-order valence-corrected chi connectivity index (χ3v) is 2.65. The van der Waals surface area contributed by atoms with Crippen LogP contribution in [0.2, 0.25) is 0 Å². The van der Waals surface area contributed by atoms with Crippen LogP contribution in [-0.4, -0.2) is 34.6 Å². The molecule has 22 heavy (non-hydrogen) atoms. The molecule has 2 atom stereocenters. The smallest absolute Gasteiger partial charge is 0.407 e. The zero-order valence-electron chi connectivity index (χ0n) is 12.6. The molecule has 5 N–H and O–H groups in total. The van der Waals surface area contributed by atoms with Gasteiger partial charge < -0.3 is 26.0 Å². The Kier molecular flexibility index (Phi) is 5.67. The number of halogens is 2. The number of hydrogen-bond acceptors (Lipinski definition) is 5. The molecule has 1 aromatic carbocycles. The largest absolute Gasteiger partial charge is 0.444 e. The average molecular weight is 318 g/mol. The topological polar surface area (TPSA) is 105 Å². The molecule has 0 aromatic heterocycles. The molecule has 2 unspecified atom stereocenters. The molecule has 0 heterocycles. The number of alkyl carbamates (subject to hydrolysis) is 1. The van der Waals surface area contributed by atoms with Gasteiger partial charge in [-0.15, -0.1) is 0 Å². The Morgan fingerprint density at radius 3 is 2.45 bits per heavy atom. The van der Waals surface area contributed by atoms with Crippen molar-refractivity contribution in [3.05, 3.63) is 29.3 Å². The maximum atomic E-state index is 13.6. The first-order valence-electron chi connectivity index (χ1n) is 6.58. The molecule has 0 saturated heterocycles. The summed E-state index contributed by atoms with van der Waals surface area (Å²) >= 11 is 0. The van der Waals surface area contributed by atoms with Crippen molar-refractivity contribution < 1.29 is 28.5 Å². The van der Waals surface area contributed by atoms with Gasteiger partial charge in [0.15, 0.2) is 0 Å². The van der Waals surface area contributed by atoms with E-state index in [0.717, 1.165) is 0 Å². The Labute approximate surface area is 126 Å². The highest BCUT2D eigenvalue weighted by Crippen LogP contribution is 2.24. The minimum absolute atomic E-state index is 0.401. The average Bonchev–Trinajstić information content (AvgIpc) is 2.37. The number of aliphatic hydroxyl groups is 2. The fourth-order valence-corrected chi connectivity index (χ4v) is 1.63. The van der Waals surface area contributed by atoms with Gasteiger partial charge in [0.05, 0.1) is 5.69 Å². The van der Waals surface area contributed by atoms with E-state index in [1.807, 2.05) is 0 Å². The number of benzene rings is 1. The van der Waals surface area contributed by atoms with Gasteiger partial charge in [0.1, 0.15) is 29.4 Å². The van der Waals surface area contributed by atoms with Crippen LogP contribution in [0.3, 0.4) is 0 Å². The normalized spacial score (nSPS) is 14.3. The molecular weight excluding hydrogens is 298 g/mol. The van der Waals surface area contributed by atoms with Crippen molar-refractivity contribution in [3.63, 3.8) is 0 Å². The van der Waals surface area contributed by atoms with E-state index in [9.17, 15) is 23.8 Å². The van der Waals surface area contributed by atoms with Gasteiger partial charge in [0.25, 0.3) is 0 Å². The molecule has 0 saturated carbocycles. The number of aliphatic hydroxyl groups excluding tert-OH is 2.